The molecule has 2 saturated heterocycles. The largest absolute Gasteiger partial charge is 0.493 e. The van der Waals surface area contributed by atoms with Crippen LogP contribution in [0.4, 0.5) is 4.79 Å². The lowest BCUT2D eigenvalue weighted by atomic mass is 9.93. The Kier molecular flexibility index (Phi) is 8.79. The first kappa shape index (κ1) is 33.3. The number of carbonyl (C=O) groups is 4. The predicted octanol–water partition coefficient (Wildman–Crippen LogP) is 2.44. The number of amides is 3. The number of aliphatic carboxylic acids is 1. The summed E-state index contributed by atoms with van der Waals surface area (Å²) in [5, 5.41) is 15.7. The van der Waals surface area contributed by atoms with Gasteiger partial charge in [-0.3, -0.25) is 9.59 Å². The summed E-state index contributed by atoms with van der Waals surface area (Å²) in [6, 6.07) is 2.70. The van der Waals surface area contributed by atoms with Gasteiger partial charge in [-0.05, 0) is 76.1 Å². The monoisotopic (exact) mass is 672 g/mol. The highest BCUT2D eigenvalue weighted by Gasteiger charge is 2.63. The van der Waals surface area contributed by atoms with Crippen molar-refractivity contribution in [2.75, 3.05) is 26.2 Å². The summed E-state index contributed by atoms with van der Waals surface area (Å²) >= 11 is 0. The number of fused-ring (bicyclic) bond motifs is 5. The Bertz CT molecular complexity index is 1590. The van der Waals surface area contributed by atoms with E-state index in [-0.39, 0.29) is 42.8 Å². The van der Waals surface area contributed by atoms with E-state index in [2.05, 4.69) is 10.6 Å². The third-order valence-electron chi connectivity index (χ3n) is 9.94. The van der Waals surface area contributed by atoms with E-state index in [4.69, 9.17) is 9.47 Å². The quantitative estimate of drug-likeness (QED) is 0.407. The molecule has 3 fully saturated rings. The van der Waals surface area contributed by atoms with Gasteiger partial charge in [0.05, 0.1) is 11.5 Å². The smallest absolute Gasteiger partial charge is 0.408 e. The number of nitrogens with one attached hydrogen (secondary N) is 2. The Labute approximate surface area is 275 Å². The molecular weight excluding hydrogens is 628 g/mol. The van der Waals surface area contributed by atoms with Crippen molar-refractivity contribution < 1.29 is 42.2 Å². The van der Waals surface area contributed by atoms with Crippen molar-refractivity contribution in [3.05, 3.63) is 35.9 Å². The molecule has 5 aliphatic rings. The fourth-order valence-corrected chi connectivity index (χ4v) is 9.03. The number of hydrogen-bond donors (Lipinski definition) is 3. The molecule has 13 nitrogen and oxygen atoms in total. The zero-order valence-corrected chi connectivity index (χ0v) is 27.9. The van der Waals surface area contributed by atoms with Gasteiger partial charge in [0.2, 0.25) is 21.8 Å². The van der Waals surface area contributed by atoms with Crippen LogP contribution in [-0.4, -0.2) is 96.1 Å². The molecule has 1 saturated carbocycles. The average molecular weight is 673 g/mol. The highest BCUT2D eigenvalue weighted by atomic mass is 32.2. The number of benzene rings is 1. The van der Waals surface area contributed by atoms with Crippen molar-refractivity contribution in [2.45, 2.75) is 93.8 Å². The number of nitrogens with zero attached hydrogens (tertiary/aromatic N) is 2. The first-order valence-corrected chi connectivity index (χ1v) is 17.9. The van der Waals surface area contributed by atoms with Crippen LogP contribution in [0.1, 0.15) is 64.9 Å². The highest BCUT2D eigenvalue weighted by Crippen LogP contribution is 2.46. The molecule has 4 heterocycles. The van der Waals surface area contributed by atoms with E-state index in [1.54, 1.807) is 32.9 Å². The third-order valence-corrected chi connectivity index (χ3v) is 11.8. The lowest BCUT2D eigenvalue weighted by Gasteiger charge is -2.32. The van der Waals surface area contributed by atoms with E-state index >= 15 is 0 Å². The van der Waals surface area contributed by atoms with Crippen LogP contribution in [0.15, 0.2) is 35.2 Å². The first-order valence-electron chi connectivity index (χ1n) is 16.5. The number of carbonyl (C=O) groups excluding carboxylic acids is 3. The van der Waals surface area contributed by atoms with Gasteiger partial charge in [0, 0.05) is 37.9 Å². The topological polar surface area (TPSA) is 172 Å². The van der Waals surface area contributed by atoms with Crippen LogP contribution in [0, 0.1) is 17.8 Å². The number of hydrogen-bond acceptors (Lipinski definition) is 8. The summed E-state index contributed by atoms with van der Waals surface area (Å²) in [7, 11) is -3.93. The van der Waals surface area contributed by atoms with Crippen molar-refractivity contribution in [1.82, 2.24) is 19.8 Å². The van der Waals surface area contributed by atoms with Crippen molar-refractivity contribution in [3.63, 3.8) is 0 Å². The fraction of sp³-hybridized carbons (Fsp3) is 0.636. The lowest BCUT2D eigenvalue weighted by Crippen LogP contribution is -2.58. The molecular formula is C33H44N4O9S. The van der Waals surface area contributed by atoms with E-state index in [1.165, 1.54) is 15.3 Å². The molecule has 3 amide bonds. The molecule has 47 heavy (non-hydrogen) atoms. The normalized spacial score (nSPS) is 32.0. The highest BCUT2D eigenvalue weighted by molar-refractivity contribution is 7.89. The molecule has 256 valence electrons. The van der Waals surface area contributed by atoms with Crippen LogP contribution >= 0.6 is 0 Å². The molecule has 0 aromatic heterocycles. The molecule has 0 spiro atoms. The predicted molar refractivity (Wildman–Crippen MR) is 169 cm³/mol. The molecule has 0 bridgehead atoms. The van der Waals surface area contributed by atoms with Gasteiger partial charge in [-0.1, -0.05) is 25.0 Å². The lowest BCUT2D eigenvalue weighted by molar-refractivity contribution is -0.146. The maximum absolute atomic E-state index is 14.3. The molecule has 14 heteroatoms. The van der Waals surface area contributed by atoms with Crippen LogP contribution in [-0.2, 0) is 35.6 Å². The van der Waals surface area contributed by atoms with E-state index < -0.39 is 63.0 Å². The Hall–Kier alpha value is -3.65. The molecule has 6 atom stereocenters. The SMILES string of the molecule is CC(C)(C)OC(=O)N[C@@H]1CCCCC/C=C\[C@@H]2C[C@]2(C(=O)O)NC(=O)[C@@H]2[C@H]3CN(S(=O)(=O)c4ccc5c(c4)CCO5)C[C@H]3CN2C1=O. The van der Waals surface area contributed by atoms with Crippen LogP contribution in [0.2, 0.25) is 0 Å². The number of sulfonamides is 1. The Morgan fingerprint density at radius 2 is 1.91 bits per heavy atom. The van der Waals surface area contributed by atoms with Gasteiger partial charge in [0.1, 0.15) is 29.0 Å². The summed E-state index contributed by atoms with van der Waals surface area (Å²) in [4.78, 5) is 55.3. The molecule has 4 aliphatic heterocycles. The van der Waals surface area contributed by atoms with Crippen molar-refractivity contribution in [2.24, 2.45) is 17.8 Å². The van der Waals surface area contributed by atoms with Crippen LogP contribution < -0.4 is 15.4 Å². The van der Waals surface area contributed by atoms with Gasteiger partial charge < -0.3 is 30.1 Å². The van der Waals surface area contributed by atoms with Crippen molar-refractivity contribution in [3.8, 4) is 5.75 Å². The minimum absolute atomic E-state index is 0.0178. The zero-order chi connectivity index (χ0) is 33.7. The van der Waals surface area contributed by atoms with Crippen molar-refractivity contribution in [1.29, 1.82) is 0 Å². The first-order chi connectivity index (χ1) is 22.2. The number of ether oxygens (including phenoxy) is 2. The molecule has 6 rings (SSSR count). The standard InChI is InChI=1S/C33H44N4O9S/c1-32(2,3)46-31(42)34-25-10-8-6-4-5-7-9-22-16-33(22,30(40)41)35-28(38)27-24-19-36(17-21(24)18-37(27)29(25)39)47(43,44)23-11-12-26-20(15-23)13-14-45-26/h7,9,11-12,15,21-22,24-25,27H,4-6,8,10,13-14,16-19H2,1-3H3,(H,34,42)(H,35,38)(H,40,41)/b9-7-/t21-,22+,24-,25+,27-,33-/m0/s1. The second kappa shape index (κ2) is 12.4. The maximum Gasteiger partial charge on any atom is 0.408 e. The number of alkyl carbamates (subject to hydrolysis) is 1. The summed E-state index contributed by atoms with van der Waals surface area (Å²) in [5.74, 6) is -2.94. The van der Waals surface area contributed by atoms with E-state index in [0.29, 0.717) is 31.6 Å². The van der Waals surface area contributed by atoms with Gasteiger partial charge >= 0.3 is 12.1 Å². The third kappa shape index (κ3) is 6.58. The second-order valence-electron chi connectivity index (χ2n) is 14.4. The van der Waals surface area contributed by atoms with E-state index in [1.807, 2.05) is 12.2 Å². The molecule has 1 aliphatic carbocycles. The van der Waals surface area contributed by atoms with Gasteiger partial charge in [0.25, 0.3) is 0 Å². The molecule has 1 aromatic carbocycles. The van der Waals surface area contributed by atoms with Gasteiger partial charge in [0.15, 0.2) is 0 Å². The van der Waals surface area contributed by atoms with Crippen LogP contribution in [0.25, 0.3) is 0 Å². The fourth-order valence-electron chi connectivity index (χ4n) is 7.45. The van der Waals surface area contributed by atoms with Gasteiger partial charge in [-0.2, -0.15) is 4.31 Å². The number of allylic oxidation sites excluding steroid dienone is 1. The van der Waals surface area contributed by atoms with Gasteiger partial charge in [-0.25, -0.2) is 18.0 Å². The number of carboxylic acids is 1. The summed E-state index contributed by atoms with van der Waals surface area (Å²) < 4.78 is 40.0. The maximum atomic E-state index is 14.3. The number of rotatable bonds is 4. The average Bonchev–Trinajstić information content (AvgIpc) is 3.32. The molecule has 1 aromatic rings. The molecule has 3 N–H and O–H groups in total. The second-order valence-corrected chi connectivity index (χ2v) is 16.3. The van der Waals surface area contributed by atoms with E-state index in [9.17, 15) is 32.7 Å². The zero-order valence-electron chi connectivity index (χ0n) is 27.1. The summed E-state index contributed by atoms with van der Waals surface area (Å²) in [6.45, 7) is 5.82. The summed E-state index contributed by atoms with van der Waals surface area (Å²) in [5.41, 5.74) is -1.47. The molecule has 0 unspecified atom stereocenters. The molecule has 0 radical (unpaired) electrons. The minimum Gasteiger partial charge on any atom is -0.493 e. The van der Waals surface area contributed by atoms with Crippen molar-refractivity contribution >= 4 is 33.9 Å². The van der Waals surface area contributed by atoms with Crippen LogP contribution in [0.5, 0.6) is 5.75 Å². The minimum atomic E-state index is -3.93. The van der Waals surface area contributed by atoms with Crippen LogP contribution in [0.3, 0.4) is 0 Å². The summed E-state index contributed by atoms with van der Waals surface area (Å²) in [6.07, 6.45) is 7.15. The Morgan fingerprint density at radius 1 is 1.13 bits per heavy atom. The number of carboxylic acid groups (broad SMARTS) is 1. The Balaban J connectivity index is 1.30. The van der Waals surface area contributed by atoms with Gasteiger partial charge in [-0.15, -0.1) is 0 Å². The van der Waals surface area contributed by atoms with E-state index in [0.717, 1.165) is 24.8 Å². The Morgan fingerprint density at radius 3 is 2.66 bits per heavy atom.